The Morgan fingerprint density at radius 3 is 2.88 bits per heavy atom. The van der Waals surface area contributed by atoms with Crippen LogP contribution in [-0.4, -0.2) is 23.9 Å². The Balaban J connectivity index is 1.93. The zero-order valence-electron chi connectivity index (χ0n) is 9.73. The molecular weight excluding hydrogens is 234 g/mol. The van der Waals surface area contributed by atoms with Gasteiger partial charge in [0.15, 0.2) is 0 Å². The van der Waals surface area contributed by atoms with Gasteiger partial charge in [-0.25, -0.2) is 0 Å². The highest BCUT2D eigenvalue weighted by atomic mass is 35.5. The molecule has 1 heterocycles. The Hall–Kier alpha value is -1.28. The molecule has 1 amide bonds. The third-order valence-electron chi connectivity index (χ3n) is 3.19. The summed E-state index contributed by atoms with van der Waals surface area (Å²) in [5.41, 5.74) is 1.10. The van der Waals surface area contributed by atoms with E-state index in [0.717, 1.165) is 30.1 Å². The van der Waals surface area contributed by atoms with Gasteiger partial charge in [0.1, 0.15) is 0 Å². The molecule has 1 aliphatic heterocycles. The zero-order valence-corrected chi connectivity index (χ0v) is 10.5. The van der Waals surface area contributed by atoms with E-state index in [0.29, 0.717) is 12.3 Å². The highest BCUT2D eigenvalue weighted by Crippen LogP contribution is 2.20. The van der Waals surface area contributed by atoms with Gasteiger partial charge in [-0.2, -0.15) is 0 Å². The Morgan fingerprint density at radius 2 is 2.24 bits per heavy atom. The third-order valence-corrected chi connectivity index (χ3v) is 3.56. The first-order valence-electron chi connectivity index (χ1n) is 5.84. The van der Waals surface area contributed by atoms with E-state index in [4.69, 9.17) is 11.6 Å². The lowest BCUT2D eigenvalue weighted by Gasteiger charge is -2.16. The molecule has 1 aliphatic rings. The number of hydrogen-bond donors (Lipinski definition) is 0. The molecule has 1 aromatic rings. The standard InChI is InChI=1S/C14H16ClNO/c1-2-11-9-14(17)16(10-11)8-7-12-5-3-4-6-13(12)15/h2-6,11H,1,7-10H2. The molecule has 3 heteroatoms. The van der Waals surface area contributed by atoms with Crippen molar-refractivity contribution in [1.29, 1.82) is 0 Å². The van der Waals surface area contributed by atoms with Crippen molar-refractivity contribution in [3.05, 3.63) is 47.5 Å². The summed E-state index contributed by atoms with van der Waals surface area (Å²) in [6.07, 6.45) is 3.29. The molecule has 2 nitrogen and oxygen atoms in total. The number of carbonyl (C=O) groups is 1. The Labute approximate surface area is 107 Å². The van der Waals surface area contributed by atoms with Crippen LogP contribution in [0.5, 0.6) is 0 Å². The minimum absolute atomic E-state index is 0.224. The second kappa shape index (κ2) is 5.37. The lowest BCUT2D eigenvalue weighted by molar-refractivity contribution is -0.127. The summed E-state index contributed by atoms with van der Waals surface area (Å²) in [6, 6.07) is 7.78. The third kappa shape index (κ3) is 2.89. The van der Waals surface area contributed by atoms with Gasteiger partial charge in [0, 0.05) is 30.5 Å². The number of nitrogens with zero attached hydrogens (tertiary/aromatic N) is 1. The number of amides is 1. The molecule has 0 saturated carbocycles. The molecule has 1 aromatic carbocycles. The summed E-state index contributed by atoms with van der Waals surface area (Å²) in [5.74, 6) is 0.538. The molecule has 0 aliphatic carbocycles. The van der Waals surface area contributed by atoms with Gasteiger partial charge < -0.3 is 4.90 Å². The van der Waals surface area contributed by atoms with Crippen LogP contribution >= 0.6 is 11.6 Å². The molecule has 1 saturated heterocycles. The van der Waals surface area contributed by atoms with Gasteiger partial charge in [-0.05, 0) is 18.1 Å². The van der Waals surface area contributed by atoms with Crippen molar-refractivity contribution in [2.75, 3.05) is 13.1 Å². The summed E-state index contributed by atoms with van der Waals surface area (Å²) < 4.78 is 0. The predicted octanol–water partition coefficient (Wildman–Crippen LogP) is 2.92. The second-order valence-electron chi connectivity index (χ2n) is 4.38. The lowest BCUT2D eigenvalue weighted by atomic mass is 10.1. The average molecular weight is 250 g/mol. The van der Waals surface area contributed by atoms with Crippen molar-refractivity contribution >= 4 is 17.5 Å². The molecule has 17 heavy (non-hydrogen) atoms. The van der Waals surface area contributed by atoms with E-state index < -0.39 is 0 Å². The van der Waals surface area contributed by atoms with Gasteiger partial charge in [0.25, 0.3) is 0 Å². The van der Waals surface area contributed by atoms with Crippen LogP contribution in [0.4, 0.5) is 0 Å². The molecule has 90 valence electrons. The topological polar surface area (TPSA) is 20.3 Å². The average Bonchev–Trinajstić information content (AvgIpc) is 2.69. The molecule has 0 N–H and O–H groups in total. The maximum atomic E-state index is 11.7. The summed E-state index contributed by atoms with van der Waals surface area (Å²) in [6.45, 7) is 5.29. The van der Waals surface area contributed by atoms with Gasteiger partial charge in [-0.1, -0.05) is 35.9 Å². The van der Waals surface area contributed by atoms with Gasteiger partial charge in [0.05, 0.1) is 0 Å². The van der Waals surface area contributed by atoms with E-state index in [1.54, 1.807) is 0 Å². The summed E-state index contributed by atoms with van der Waals surface area (Å²) in [7, 11) is 0. The maximum Gasteiger partial charge on any atom is 0.223 e. The highest BCUT2D eigenvalue weighted by Gasteiger charge is 2.26. The van der Waals surface area contributed by atoms with Crippen LogP contribution in [0.3, 0.4) is 0 Å². The first-order valence-corrected chi connectivity index (χ1v) is 6.22. The smallest absolute Gasteiger partial charge is 0.223 e. The van der Waals surface area contributed by atoms with Crippen molar-refractivity contribution in [2.24, 2.45) is 5.92 Å². The van der Waals surface area contributed by atoms with E-state index >= 15 is 0 Å². The van der Waals surface area contributed by atoms with Gasteiger partial charge in [0.2, 0.25) is 5.91 Å². The van der Waals surface area contributed by atoms with Gasteiger partial charge in [-0.15, -0.1) is 6.58 Å². The van der Waals surface area contributed by atoms with Gasteiger partial charge >= 0.3 is 0 Å². The molecule has 0 spiro atoms. The molecule has 0 bridgehead atoms. The fourth-order valence-corrected chi connectivity index (χ4v) is 2.36. The molecule has 1 unspecified atom stereocenters. The Kier molecular flexibility index (Phi) is 3.85. The van der Waals surface area contributed by atoms with Gasteiger partial charge in [-0.3, -0.25) is 4.79 Å². The SMILES string of the molecule is C=CC1CC(=O)N(CCc2ccccc2Cl)C1. The molecular formula is C14H16ClNO. The number of halogens is 1. The summed E-state index contributed by atoms with van der Waals surface area (Å²) in [5, 5.41) is 0.777. The number of rotatable bonds is 4. The van der Waals surface area contributed by atoms with Crippen LogP contribution in [0.2, 0.25) is 5.02 Å². The first-order chi connectivity index (χ1) is 8.20. The second-order valence-corrected chi connectivity index (χ2v) is 4.79. The van der Waals surface area contributed by atoms with Crippen LogP contribution in [0.15, 0.2) is 36.9 Å². The Morgan fingerprint density at radius 1 is 1.47 bits per heavy atom. The maximum absolute atomic E-state index is 11.7. The van der Waals surface area contributed by atoms with Crippen LogP contribution in [0, 0.1) is 5.92 Å². The molecule has 0 radical (unpaired) electrons. The number of hydrogen-bond acceptors (Lipinski definition) is 1. The Bertz CT molecular complexity index is 430. The lowest BCUT2D eigenvalue weighted by Crippen LogP contribution is -2.27. The van der Waals surface area contributed by atoms with Crippen LogP contribution in [-0.2, 0) is 11.2 Å². The first kappa shape index (κ1) is 12.2. The van der Waals surface area contributed by atoms with Crippen molar-refractivity contribution in [3.63, 3.8) is 0 Å². The van der Waals surface area contributed by atoms with E-state index in [-0.39, 0.29) is 5.91 Å². The number of likely N-dealkylation sites (tertiary alicyclic amines) is 1. The van der Waals surface area contributed by atoms with Crippen molar-refractivity contribution in [1.82, 2.24) is 4.90 Å². The number of benzene rings is 1. The minimum atomic E-state index is 0.224. The van der Waals surface area contributed by atoms with Crippen molar-refractivity contribution in [3.8, 4) is 0 Å². The zero-order chi connectivity index (χ0) is 12.3. The fourth-order valence-electron chi connectivity index (χ4n) is 2.13. The van der Waals surface area contributed by atoms with E-state index in [9.17, 15) is 4.79 Å². The minimum Gasteiger partial charge on any atom is -0.342 e. The summed E-state index contributed by atoms with van der Waals surface area (Å²) in [4.78, 5) is 13.6. The molecule has 1 fully saturated rings. The molecule has 1 atom stereocenters. The van der Waals surface area contributed by atoms with Crippen LogP contribution in [0.1, 0.15) is 12.0 Å². The largest absolute Gasteiger partial charge is 0.342 e. The molecule has 2 rings (SSSR count). The van der Waals surface area contributed by atoms with E-state index in [2.05, 4.69) is 6.58 Å². The van der Waals surface area contributed by atoms with Crippen LogP contribution < -0.4 is 0 Å². The van der Waals surface area contributed by atoms with Crippen molar-refractivity contribution in [2.45, 2.75) is 12.8 Å². The normalized spacial score (nSPS) is 19.7. The monoisotopic (exact) mass is 249 g/mol. The fraction of sp³-hybridized carbons (Fsp3) is 0.357. The van der Waals surface area contributed by atoms with E-state index in [1.165, 1.54) is 0 Å². The number of carbonyl (C=O) groups excluding carboxylic acids is 1. The highest BCUT2D eigenvalue weighted by molar-refractivity contribution is 6.31. The molecule has 0 aromatic heterocycles. The van der Waals surface area contributed by atoms with Crippen molar-refractivity contribution < 1.29 is 4.79 Å². The predicted molar refractivity (Wildman–Crippen MR) is 70.0 cm³/mol. The van der Waals surface area contributed by atoms with Crippen LogP contribution in [0.25, 0.3) is 0 Å². The van der Waals surface area contributed by atoms with E-state index in [1.807, 2.05) is 35.2 Å². The quantitative estimate of drug-likeness (QED) is 0.752. The summed E-state index contributed by atoms with van der Waals surface area (Å²) >= 11 is 6.08.